The molecule has 15 heteroatoms. The largest absolute Gasteiger partial charge is 0.481 e. The number of benzene rings is 1. The Hall–Kier alpha value is -3.27. The van der Waals surface area contributed by atoms with Crippen LogP contribution in [0.1, 0.15) is 53.6 Å². The monoisotopic (exact) mass is 616 g/mol. The molecule has 1 saturated carbocycles. The molecule has 1 atom stereocenters. The Balaban J connectivity index is 0.000000892. The minimum absolute atomic E-state index is 0.0791. The van der Waals surface area contributed by atoms with Gasteiger partial charge in [-0.25, -0.2) is 4.98 Å². The maximum Gasteiger partial charge on any atom is 0.416 e. The number of aliphatic hydroxyl groups is 1. The van der Waals surface area contributed by atoms with Crippen molar-refractivity contribution >= 4 is 21.9 Å². The number of carbonyl (C=O) groups is 2. The summed E-state index contributed by atoms with van der Waals surface area (Å²) in [5.41, 5.74) is -1.21. The summed E-state index contributed by atoms with van der Waals surface area (Å²) < 4.78 is 69.5. The molecule has 11 nitrogen and oxygen atoms in total. The molecule has 4 rings (SSSR count). The van der Waals surface area contributed by atoms with Crippen LogP contribution in [0.3, 0.4) is 0 Å². The Morgan fingerprint density at radius 3 is 2.40 bits per heavy atom. The molecular weight excluding hydrogens is 581 g/mol. The van der Waals surface area contributed by atoms with Gasteiger partial charge in [-0.1, -0.05) is 6.07 Å². The zero-order valence-electron chi connectivity index (χ0n) is 23.2. The van der Waals surface area contributed by atoms with E-state index in [1.54, 1.807) is 19.4 Å². The SMILES string of the molecule is COc1ccc(C2(O)CCC(N3CC[C@@H](NC(=O)CNC(=O)c4cccc(C(F)(F)F)c4)C3)CC2)cn1.CS(=O)(=O)O. The van der Waals surface area contributed by atoms with Crippen LogP contribution in [0.15, 0.2) is 42.6 Å². The van der Waals surface area contributed by atoms with Crippen molar-refractivity contribution in [2.45, 2.75) is 56.0 Å². The van der Waals surface area contributed by atoms with Crippen LogP contribution < -0.4 is 15.4 Å². The van der Waals surface area contributed by atoms with Crippen molar-refractivity contribution in [3.63, 3.8) is 0 Å². The summed E-state index contributed by atoms with van der Waals surface area (Å²) in [6, 6.07) is 7.89. The number of ether oxygens (including phenoxy) is 1. The average molecular weight is 617 g/mol. The van der Waals surface area contributed by atoms with Gasteiger partial charge in [-0.15, -0.1) is 0 Å². The van der Waals surface area contributed by atoms with Gasteiger partial charge in [0, 0.05) is 48.6 Å². The molecule has 2 fully saturated rings. The summed E-state index contributed by atoms with van der Waals surface area (Å²) in [4.78, 5) is 31.1. The molecule has 1 saturated heterocycles. The molecule has 0 bridgehead atoms. The van der Waals surface area contributed by atoms with Gasteiger partial charge in [0.05, 0.1) is 31.1 Å². The molecule has 232 valence electrons. The predicted octanol–water partition coefficient (Wildman–Crippen LogP) is 2.36. The second kappa shape index (κ2) is 13.8. The highest BCUT2D eigenvalue weighted by atomic mass is 32.2. The third-order valence-electron chi connectivity index (χ3n) is 7.23. The third kappa shape index (κ3) is 9.93. The van der Waals surface area contributed by atoms with Gasteiger partial charge in [0.1, 0.15) is 0 Å². The number of likely N-dealkylation sites (tertiary alicyclic amines) is 1. The average Bonchev–Trinajstić information content (AvgIpc) is 3.39. The summed E-state index contributed by atoms with van der Waals surface area (Å²) in [6.45, 7) is 1.16. The number of carbonyl (C=O) groups excluding carboxylic acids is 2. The Kier molecular flexibility index (Phi) is 10.9. The fourth-order valence-corrected chi connectivity index (χ4v) is 5.13. The highest BCUT2D eigenvalue weighted by Crippen LogP contribution is 2.39. The number of pyridine rings is 1. The Labute approximate surface area is 242 Å². The Morgan fingerprint density at radius 2 is 1.83 bits per heavy atom. The first-order chi connectivity index (χ1) is 19.6. The van der Waals surface area contributed by atoms with Crippen LogP contribution in [-0.2, 0) is 26.7 Å². The number of hydrogen-bond donors (Lipinski definition) is 4. The third-order valence-corrected chi connectivity index (χ3v) is 7.23. The smallest absolute Gasteiger partial charge is 0.416 e. The fourth-order valence-electron chi connectivity index (χ4n) is 5.13. The molecule has 0 spiro atoms. The molecule has 2 amide bonds. The van der Waals surface area contributed by atoms with Gasteiger partial charge < -0.3 is 20.5 Å². The van der Waals surface area contributed by atoms with E-state index in [9.17, 15) is 36.3 Å². The summed E-state index contributed by atoms with van der Waals surface area (Å²) >= 11 is 0. The van der Waals surface area contributed by atoms with Gasteiger partial charge in [0.25, 0.3) is 16.0 Å². The minimum Gasteiger partial charge on any atom is -0.481 e. The first-order valence-corrected chi connectivity index (χ1v) is 15.1. The van der Waals surface area contributed by atoms with Crippen molar-refractivity contribution in [1.29, 1.82) is 0 Å². The van der Waals surface area contributed by atoms with Crippen molar-refractivity contribution < 1.29 is 45.6 Å². The number of aromatic nitrogens is 1. The number of amides is 2. The first-order valence-electron chi connectivity index (χ1n) is 13.2. The number of methoxy groups -OCH3 is 1. The number of alkyl halides is 3. The van der Waals surface area contributed by atoms with Crippen LogP contribution >= 0.6 is 0 Å². The molecule has 0 radical (unpaired) electrons. The normalized spacial score (nSPS) is 22.9. The molecular formula is C27H35F3N4O7S. The molecule has 4 N–H and O–H groups in total. The van der Waals surface area contributed by atoms with E-state index in [0.717, 1.165) is 49.6 Å². The van der Waals surface area contributed by atoms with Crippen LogP contribution in [0, 0.1) is 0 Å². The lowest BCUT2D eigenvalue weighted by Gasteiger charge is -2.39. The number of nitrogens with zero attached hydrogens (tertiary/aromatic N) is 2. The molecule has 2 aromatic rings. The van der Waals surface area contributed by atoms with E-state index >= 15 is 0 Å². The van der Waals surface area contributed by atoms with Gasteiger partial charge in [-0.2, -0.15) is 21.6 Å². The predicted molar refractivity (Wildman–Crippen MR) is 146 cm³/mol. The molecule has 1 aromatic heterocycles. The second-order valence-corrected chi connectivity index (χ2v) is 11.9. The highest BCUT2D eigenvalue weighted by molar-refractivity contribution is 7.85. The zero-order chi connectivity index (χ0) is 31.1. The van der Waals surface area contributed by atoms with Crippen molar-refractivity contribution in [3.05, 3.63) is 59.3 Å². The van der Waals surface area contributed by atoms with Gasteiger partial charge in [0.15, 0.2) is 0 Å². The summed E-state index contributed by atoms with van der Waals surface area (Å²) in [7, 11) is -2.12. The molecule has 2 aliphatic rings. The lowest BCUT2D eigenvalue weighted by atomic mass is 9.78. The van der Waals surface area contributed by atoms with E-state index in [4.69, 9.17) is 9.29 Å². The fraction of sp³-hybridized carbons (Fsp3) is 0.519. The van der Waals surface area contributed by atoms with Crippen molar-refractivity contribution in [3.8, 4) is 5.88 Å². The molecule has 42 heavy (non-hydrogen) atoms. The molecule has 0 unspecified atom stereocenters. The topological polar surface area (TPSA) is 158 Å². The van der Waals surface area contributed by atoms with Gasteiger partial charge in [0.2, 0.25) is 11.8 Å². The van der Waals surface area contributed by atoms with Crippen molar-refractivity contribution in [2.75, 3.05) is 33.0 Å². The van der Waals surface area contributed by atoms with Crippen LogP contribution in [0.2, 0.25) is 0 Å². The lowest BCUT2D eigenvalue weighted by molar-refractivity contribution is -0.137. The van der Waals surface area contributed by atoms with Gasteiger partial charge in [-0.3, -0.25) is 19.0 Å². The highest BCUT2D eigenvalue weighted by Gasteiger charge is 2.39. The number of rotatable bonds is 7. The standard InChI is InChI=1S/C26H31F3N4O4.CH4O3S/c1-37-23-6-5-19(14-30-23)25(36)10-7-21(8-11-25)33-12-9-20(16-33)32-22(34)15-31-24(35)17-3-2-4-18(13-17)26(27,28)29;1-5(2,3)4/h2-6,13-14,20-21,36H,7-12,15-16H2,1H3,(H,31,35)(H,32,34);1H3,(H,2,3,4)/t20-,21?,25?;/m1./s1. The summed E-state index contributed by atoms with van der Waals surface area (Å²) in [5, 5.41) is 16.4. The van der Waals surface area contributed by atoms with Crippen molar-refractivity contribution in [2.24, 2.45) is 0 Å². The summed E-state index contributed by atoms with van der Waals surface area (Å²) in [5.74, 6) is -0.630. The van der Waals surface area contributed by atoms with E-state index in [-0.39, 0.29) is 18.2 Å². The number of hydrogen-bond acceptors (Lipinski definition) is 8. The van der Waals surface area contributed by atoms with Crippen molar-refractivity contribution in [1.82, 2.24) is 20.5 Å². The number of halogens is 3. The maximum absolute atomic E-state index is 12.9. The zero-order valence-corrected chi connectivity index (χ0v) is 24.0. The molecule has 1 aliphatic carbocycles. The van der Waals surface area contributed by atoms with E-state index in [2.05, 4.69) is 20.5 Å². The van der Waals surface area contributed by atoms with Crippen LogP contribution in [0.4, 0.5) is 13.2 Å². The second-order valence-electron chi connectivity index (χ2n) is 10.4. The maximum atomic E-state index is 12.9. The van der Waals surface area contributed by atoms with E-state index in [1.165, 1.54) is 6.07 Å². The van der Waals surface area contributed by atoms with Crippen LogP contribution in [0.25, 0.3) is 0 Å². The van der Waals surface area contributed by atoms with Crippen LogP contribution in [-0.4, -0.2) is 84.9 Å². The molecule has 1 aromatic carbocycles. The summed E-state index contributed by atoms with van der Waals surface area (Å²) in [6.07, 6.45) is 1.44. The quantitative estimate of drug-likeness (QED) is 0.343. The van der Waals surface area contributed by atoms with E-state index in [1.807, 2.05) is 6.07 Å². The van der Waals surface area contributed by atoms with E-state index < -0.39 is 39.3 Å². The number of nitrogens with one attached hydrogen (secondary N) is 2. The lowest BCUT2D eigenvalue weighted by Crippen LogP contribution is -2.45. The van der Waals surface area contributed by atoms with Gasteiger partial charge >= 0.3 is 6.18 Å². The van der Waals surface area contributed by atoms with E-state index in [0.29, 0.717) is 37.6 Å². The minimum atomic E-state index is -4.55. The van der Waals surface area contributed by atoms with Gasteiger partial charge in [-0.05, 0) is 56.4 Å². The molecule has 2 heterocycles. The molecule has 1 aliphatic heterocycles. The first kappa shape index (κ1) is 33.2. The van der Waals surface area contributed by atoms with Crippen LogP contribution in [0.5, 0.6) is 5.88 Å². The Bertz CT molecular complexity index is 1320. The Morgan fingerprint density at radius 1 is 1.17 bits per heavy atom.